The highest BCUT2D eigenvalue weighted by Crippen LogP contribution is 2.29. The van der Waals surface area contributed by atoms with E-state index in [1.54, 1.807) is 0 Å². The molecule has 21 heavy (non-hydrogen) atoms. The Labute approximate surface area is 123 Å². The van der Waals surface area contributed by atoms with Gasteiger partial charge in [-0.1, -0.05) is 0 Å². The van der Waals surface area contributed by atoms with Crippen LogP contribution in [0.3, 0.4) is 0 Å². The molecule has 0 unspecified atom stereocenters. The number of rotatable bonds is 7. The molecule has 0 aliphatic heterocycles. The van der Waals surface area contributed by atoms with Crippen LogP contribution in [0.4, 0.5) is 0 Å². The molecule has 0 aliphatic rings. The van der Waals surface area contributed by atoms with Crippen molar-refractivity contribution in [3.8, 4) is 11.5 Å². The average Bonchev–Trinajstić information content (AvgIpc) is 2.44. The summed E-state index contributed by atoms with van der Waals surface area (Å²) in [5.74, 6) is -0.405. The monoisotopic (exact) mass is 317 g/mol. The molecular formula is C13H19NO6S. The van der Waals surface area contributed by atoms with Gasteiger partial charge in [-0.3, -0.25) is 4.79 Å². The molecule has 7 nitrogen and oxygen atoms in total. The third-order valence-electron chi connectivity index (χ3n) is 2.95. The lowest BCUT2D eigenvalue weighted by Gasteiger charge is -2.19. The first kappa shape index (κ1) is 17.3. The van der Waals surface area contributed by atoms with Crippen molar-refractivity contribution in [2.45, 2.75) is 18.7 Å². The first-order chi connectivity index (χ1) is 9.64. The van der Waals surface area contributed by atoms with Gasteiger partial charge in [-0.2, -0.15) is 0 Å². The molecular weight excluding hydrogens is 298 g/mol. The Morgan fingerprint density at radius 2 is 1.81 bits per heavy atom. The van der Waals surface area contributed by atoms with Gasteiger partial charge in [0.05, 0.1) is 24.5 Å². The highest BCUT2D eigenvalue weighted by molar-refractivity contribution is 7.89. The predicted molar refractivity (Wildman–Crippen MR) is 76.2 cm³/mol. The van der Waals surface area contributed by atoms with Gasteiger partial charge in [0, 0.05) is 12.6 Å². The molecule has 118 valence electrons. The molecule has 0 fully saturated rings. The highest BCUT2D eigenvalue weighted by atomic mass is 32.2. The molecule has 0 aromatic heterocycles. The van der Waals surface area contributed by atoms with Gasteiger partial charge in [0.25, 0.3) is 0 Å². The molecule has 0 spiro atoms. The summed E-state index contributed by atoms with van der Waals surface area (Å²) in [6.07, 6.45) is 0. The molecule has 0 saturated heterocycles. The molecule has 0 atom stereocenters. The minimum absolute atomic E-state index is 0.0265. The van der Waals surface area contributed by atoms with Crippen LogP contribution in [0.25, 0.3) is 0 Å². The van der Waals surface area contributed by atoms with Crippen LogP contribution in [0.1, 0.15) is 13.8 Å². The Kier molecular flexibility index (Phi) is 5.19. The quantitative estimate of drug-likeness (QED) is 0.780. The van der Waals surface area contributed by atoms with Crippen LogP contribution in [0.15, 0.2) is 23.1 Å². The number of aliphatic carboxylic acids is 1. The average molecular weight is 317 g/mol. The molecule has 1 aromatic carbocycles. The fourth-order valence-corrected chi connectivity index (χ4v) is 2.64. The van der Waals surface area contributed by atoms with E-state index in [-0.39, 0.29) is 17.2 Å². The zero-order chi connectivity index (χ0) is 16.3. The summed E-state index contributed by atoms with van der Waals surface area (Å²) >= 11 is 0. The normalized spacial score (nSPS) is 12.0. The van der Waals surface area contributed by atoms with Gasteiger partial charge in [-0.15, -0.1) is 0 Å². The second-order valence-corrected chi connectivity index (χ2v) is 6.80. The molecule has 1 rings (SSSR count). The number of carbonyl (C=O) groups is 1. The fourth-order valence-electron chi connectivity index (χ4n) is 1.42. The van der Waals surface area contributed by atoms with Gasteiger partial charge in [-0.25, -0.2) is 13.1 Å². The van der Waals surface area contributed by atoms with Crippen molar-refractivity contribution in [1.29, 1.82) is 0 Å². The van der Waals surface area contributed by atoms with Crippen molar-refractivity contribution in [1.82, 2.24) is 4.72 Å². The number of hydrogen-bond acceptors (Lipinski definition) is 5. The van der Waals surface area contributed by atoms with Crippen LogP contribution in [-0.4, -0.2) is 40.3 Å². The van der Waals surface area contributed by atoms with Gasteiger partial charge >= 0.3 is 5.97 Å². The van der Waals surface area contributed by atoms with Crippen molar-refractivity contribution in [2.75, 3.05) is 20.8 Å². The second-order valence-electron chi connectivity index (χ2n) is 5.03. The van der Waals surface area contributed by atoms with Crippen molar-refractivity contribution in [3.05, 3.63) is 18.2 Å². The Balaban J connectivity index is 3.01. The first-order valence-electron chi connectivity index (χ1n) is 6.09. The number of hydrogen-bond donors (Lipinski definition) is 2. The minimum Gasteiger partial charge on any atom is -0.493 e. The van der Waals surface area contributed by atoms with E-state index in [1.807, 2.05) is 0 Å². The summed E-state index contributed by atoms with van der Waals surface area (Å²) in [6, 6.07) is 4.14. The smallest absolute Gasteiger partial charge is 0.310 e. The number of nitrogens with one attached hydrogen (secondary N) is 1. The van der Waals surface area contributed by atoms with E-state index < -0.39 is 21.4 Å². The summed E-state index contributed by atoms with van der Waals surface area (Å²) in [5.41, 5.74) is -1.20. The van der Waals surface area contributed by atoms with E-state index in [0.717, 1.165) is 0 Å². The van der Waals surface area contributed by atoms with Crippen LogP contribution in [0, 0.1) is 5.41 Å². The maximum Gasteiger partial charge on any atom is 0.310 e. The lowest BCUT2D eigenvalue weighted by Crippen LogP contribution is -2.38. The van der Waals surface area contributed by atoms with E-state index in [0.29, 0.717) is 5.75 Å². The van der Waals surface area contributed by atoms with E-state index in [2.05, 4.69) is 4.72 Å². The Morgan fingerprint density at radius 1 is 1.24 bits per heavy atom. The molecule has 0 heterocycles. The van der Waals surface area contributed by atoms with E-state index >= 15 is 0 Å². The Bertz CT molecular complexity index is 624. The van der Waals surface area contributed by atoms with Gasteiger partial charge < -0.3 is 14.6 Å². The van der Waals surface area contributed by atoms with Crippen LogP contribution >= 0.6 is 0 Å². The van der Waals surface area contributed by atoms with Gasteiger partial charge in [0.15, 0.2) is 11.5 Å². The maximum atomic E-state index is 12.2. The molecule has 0 aliphatic carbocycles. The topological polar surface area (TPSA) is 102 Å². The molecule has 0 bridgehead atoms. The minimum atomic E-state index is -3.83. The van der Waals surface area contributed by atoms with Crippen molar-refractivity contribution in [3.63, 3.8) is 0 Å². The maximum absolute atomic E-state index is 12.2. The molecule has 1 aromatic rings. The van der Waals surface area contributed by atoms with E-state index in [4.69, 9.17) is 14.6 Å². The third-order valence-corrected chi connectivity index (χ3v) is 4.35. The number of methoxy groups -OCH3 is 2. The van der Waals surface area contributed by atoms with E-state index in [9.17, 15) is 13.2 Å². The molecule has 2 N–H and O–H groups in total. The van der Waals surface area contributed by atoms with Crippen LogP contribution < -0.4 is 14.2 Å². The highest BCUT2D eigenvalue weighted by Gasteiger charge is 2.29. The summed E-state index contributed by atoms with van der Waals surface area (Å²) in [7, 11) is -0.991. The number of ether oxygens (including phenoxy) is 2. The summed E-state index contributed by atoms with van der Waals surface area (Å²) in [5, 5.41) is 8.99. The van der Waals surface area contributed by atoms with E-state index in [1.165, 1.54) is 46.3 Å². The number of carboxylic acids is 1. The first-order valence-corrected chi connectivity index (χ1v) is 7.57. The number of carboxylic acid groups (broad SMARTS) is 1. The second kappa shape index (κ2) is 6.31. The standard InChI is InChI=1S/C13H19NO6S/c1-13(2,12(15)16)8-14-21(17,18)9-5-6-10(19-3)11(7-9)20-4/h5-7,14H,8H2,1-4H3,(H,15,16). The number of benzene rings is 1. The van der Waals surface area contributed by atoms with Gasteiger partial charge in [-0.05, 0) is 26.0 Å². The summed E-state index contributed by atoms with van der Waals surface area (Å²) < 4.78 is 36.7. The largest absolute Gasteiger partial charge is 0.493 e. The zero-order valence-electron chi connectivity index (χ0n) is 12.3. The molecule has 0 radical (unpaired) electrons. The lowest BCUT2D eigenvalue weighted by molar-refractivity contribution is -0.146. The van der Waals surface area contributed by atoms with Gasteiger partial charge in [0.1, 0.15) is 0 Å². The summed E-state index contributed by atoms with van der Waals surface area (Å²) in [6.45, 7) is 2.65. The summed E-state index contributed by atoms with van der Waals surface area (Å²) in [4.78, 5) is 11.0. The lowest BCUT2D eigenvalue weighted by atomic mass is 9.95. The molecule has 8 heteroatoms. The molecule has 0 amide bonds. The predicted octanol–water partition coefficient (Wildman–Crippen LogP) is 1.09. The van der Waals surface area contributed by atoms with Crippen LogP contribution in [-0.2, 0) is 14.8 Å². The van der Waals surface area contributed by atoms with Crippen molar-refractivity contribution < 1.29 is 27.8 Å². The van der Waals surface area contributed by atoms with Crippen molar-refractivity contribution in [2.24, 2.45) is 5.41 Å². The van der Waals surface area contributed by atoms with Crippen LogP contribution in [0.5, 0.6) is 11.5 Å². The molecule has 0 saturated carbocycles. The van der Waals surface area contributed by atoms with Crippen molar-refractivity contribution >= 4 is 16.0 Å². The zero-order valence-corrected chi connectivity index (χ0v) is 13.2. The SMILES string of the molecule is COc1ccc(S(=O)(=O)NCC(C)(C)C(=O)O)cc1OC. The Hall–Kier alpha value is -1.80. The Morgan fingerprint density at radius 3 is 2.29 bits per heavy atom. The third kappa shape index (κ3) is 4.08. The number of sulfonamides is 1. The van der Waals surface area contributed by atoms with Gasteiger partial charge in [0.2, 0.25) is 10.0 Å². The van der Waals surface area contributed by atoms with Crippen LogP contribution in [0.2, 0.25) is 0 Å². The fraction of sp³-hybridized carbons (Fsp3) is 0.462.